The Bertz CT molecular complexity index is 2460. The number of benzene rings is 4. The molecule has 2 aliphatic heterocycles. The van der Waals surface area contributed by atoms with Crippen molar-refractivity contribution in [3.8, 4) is 46.0 Å². The molecule has 2 aliphatic rings. The lowest BCUT2D eigenvalue weighted by Gasteiger charge is -2.46. The van der Waals surface area contributed by atoms with Crippen LogP contribution in [0.15, 0.2) is 60.7 Å². The third-order valence-corrected chi connectivity index (χ3v) is 14.6. The first-order valence-corrected chi connectivity index (χ1v) is 24.3. The Morgan fingerprint density at radius 2 is 0.843 bits per heavy atom. The van der Waals surface area contributed by atoms with Crippen LogP contribution in [0.3, 0.4) is 0 Å². The first-order chi connectivity index (χ1) is 36.2. The number of fused-ring (bicyclic) bond motifs is 2. The summed E-state index contributed by atoms with van der Waals surface area (Å²) in [4.78, 5) is 31.2. The average molecular weight is 975 g/mol. The molecule has 0 spiro atoms. The van der Waals surface area contributed by atoms with E-state index < -0.39 is 26.0 Å². The molecule has 4 atom stereocenters. The maximum atomic E-state index is 13.9. The molecule has 0 aliphatic carbocycles. The van der Waals surface area contributed by atoms with Gasteiger partial charge in [-0.2, -0.15) is 0 Å². The zero-order chi connectivity index (χ0) is 55.6. The second kappa shape index (κ2) is 24.3. The van der Waals surface area contributed by atoms with Gasteiger partial charge in [0.15, 0.2) is 46.0 Å². The lowest BCUT2D eigenvalue weighted by atomic mass is 9.86. The molecule has 14 nitrogen and oxygen atoms in total. The van der Waals surface area contributed by atoms with Gasteiger partial charge < -0.3 is 56.7 Å². The SMILES string of the molecule is [2H]C([2H])([2H])[N+]1(CCC(=O)N(C)CCCCCCN(C)C(=O)CC[N+]2(C([2H])([2H])[2H])CCc3cc(OC)c(OC)cc3C2Cc2ccc(OC)c(OC)c2)CCc2cc(OC)c(OC)cc2C1Cc1ccc(OC)c(OC)c1. The van der Waals surface area contributed by atoms with Crippen molar-refractivity contribution in [2.24, 2.45) is 0 Å². The van der Waals surface area contributed by atoms with Gasteiger partial charge in [0.2, 0.25) is 11.8 Å². The summed E-state index contributed by atoms with van der Waals surface area (Å²) in [6.07, 6.45) is 4.85. The number of carbonyl (C=O) groups is 2. The van der Waals surface area contributed by atoms with E-state index in [1.807, 2.05) is 60.7 Å². The van der Waals surface area contributed by atoms with Crippen LogP contribution in [0.1, 0.15) is 92.2 Å². The Balaban J connectivity index is 1.07. The van der Waals surface area contributed by atoms with Gasteiger partial charge in [-0.25, -0.2) is 0 Å². The smallest absolute Gasteiger partial charge is 0.227 e. The molecule has 0 N–H and O–H groups in total. The van der Waals surface area contributed by atoms with Crippen molar-refractivity contribution in [1.82, 2.24) is 9.80 Å². The predicted octanol–water partition coefficient (Wildman–Crippen LogP) is 8.29. The molecular formula is C56H80N4O10+2. The number of carbonyl (C=O) groups excluding carboxylic acids is 2. The molecule has 4 aromatic carbocycles. The third kappa shape index (κ3) is 12.4. The molecule has 2 amide bonds. The fraction of sp³-hybridized carbons (Fsp3) is 0.536. The first-order valence-electron chi connectivity index (χ1n) is 27.3. The number of ether oxygens (including phenoxy) is 8. The van der Waals surface area contributed by atoms with Crippen molar-refractivity contribution < 1.29 is 64.7 Å². The summed E-state index contributed by atoms with van der Waals surface area (Å²) in [6.45, 7) is -3.12. The molecule has 14 heteroatoms. The molecule has 0 fully saturated rings. The van der Waals surface area contributed by atoms with E-state index in [-0.39, 0.29) is 46.7 Å². The highest BCUT2D eigenvalue weighted by atomic mass is 16.5. The molecule has 382 valence electrons. The minimum Gasteiger partial charge on any atom is -0.493 e. The molecule has 2 heterocycles. The maximum absolute atomic E-state index is 13.9. The first kappa shape index (κ1) is 45.3. The average Bonchev–Trinajstić information content (AvgIpc) is 3.48. The quantitative estimate of drug-likeness (QED) is 0.0475. The van der Waals surface area contributed by atoms with Crippen molar-refractivity contribution >= 4 is 11.8 Å². The van der Waals surface area contributed by atoms with Gasteiger partial charge in [0.05, 0.1) is 118 Å². The van der Waals surface area contributed by atoms with Crippen LogP contribution >= 0.6 is 0 Å². The summed E-state index contributed by atoms with van der Waals surface area (Å²) in [6, 6.07) is 17.8. The zero-order valence-electron chi connectivity index (χ0n) is 49.1. The van der Waals surface area contributed by atoms with E-state index in [0.29, 0.717) is 97.9 Å². The van der Waals surface area contributed by atoms with Crippen LogP contribution in [0.4, 0.5) is 0 Å². The summed E-state index contributed by atoms with van der Waals surface area (Å²) in [5.74, 6) is 4.10. The van der Waals surface area contributed by atoms with Crippen LogP contribution in [0, 0.1) is 0 Å². The van der Waals surface area contributed by atoms with Gasteiger partial charge in [-0.1, -0.05) is 25.0 Å². The highest BCUT2D eigenvalue weighted by molar-refractivity contribution is 5.76. The molecule has 6 rings (SSSR count). The second-order valence-electron chi connectivity index (χ2n) is 18.6. The largest absolute Gasteiger partial charge is 0.493 e. The second-order valence-corrected chi connectivity index (χ2v) is 18.6. The summed E-state index contributed by atoms with van der Waals surface area (Å²) < 4.78 is 98.6. The fourth-order valence-electron chi connectivity index (χ4n) is 10.3. The minimum atomic E-state index is -2.46. The number of rotatable bonds is 25. The summed E-state index contributed by atoms with van der Waals surface area (Å²) in [7, 11) is 16.1. The maximum Gasteiger partial charge on any atom is 0.227 e. The van der Waals surface area contributed by atoms with E-state index >= 15 is 0 Å². The molecular weight excluding hydrogens is 889 g/mol. The molecule has 0 saturated heterocycles. The number of hydrogen-bond donors (Lipinski definition) is 0. The minimum absolute atomic E-state index is 0.0427. The van der Waals surface area contributed by atoms with Crippen LogP contribution in [-0.4, -0.2) is 155 Å². The number of likely N-dealkylation sites (N-methyl/N-ethyl adjacent to an activating group) is 2. The highest BCUT2D eigenvalue weighted by Gasteiger charge is 2.42. The van der Waals surface area contributed by atoms with Gasteiger partial charge in [-0.05, 0) is 83.6 Å². The fourth-order valence-corrected chi connectivity index (χ4v) is 10.3. The number of quaternary nitrogens is 2. The molecule has 0 aromatic heterocycles. The van der Waals surface area contributed by atoms with Gasteiger partial charge in [-0.15, -0.1) is 0 Å². The zero-order valence-corrected chi connectivity index (χ0v) is 43.1. The number of amides is 2. The standard InChI is InChI=1S/C56H80N4O10/c1-57(55(61)23-29-59(3)27-21-41-35-51(67-9)53(69-11)37-43(41)45(59)31-39-17-19-47(63-5)49(33-39)65-7)25-15-13-14-16-26-58(2)56(62)24-30-60(4)28-22-42-36-52(68-10)54(70-12)38-44(42)46(60)32-40-18-20-48(64-6)50(34-40)66-8/h17-20,33-38,45-46H,13-16,21-32H2,1-12H3/q+2/i3D3,4D3. The van der Waals surface area contributed by atoms with Gasteiger partial charge in [-0.3, -0.25) is 9.59 Å². The molecule has 0 radical (unpaired) electrons. The van der Waals surface area contributed by atoms with Gasteiger partial charge in [0.1, 0.15) is 12.1 Å². The topological polar surface area (TPSA) is 114 Å². The number of methoxy groups -OCH3 is 8. The van der Waals surface area contributed by atoms with Crippen molar-refractivity contribution in [1.29, 1.82) is 0 Å². The molecule has 70 heavy (non-hydrogen) atoms. The van der Waals surface area contributed by atoms with Crippen LogP contribution in [0.2, 0.25) is 0 Å². The van der Waals surface area contributed by atoms with Crippen molar-refractivity contribution in [3.63, 3.8) is 0 Å². The molecule has 0 bridgehead atoms. The van der Waals surface area contributed by atoms with E-state index in [4.69, 9.17) is 46.1 Å². The Morgan fingerprint density at radius 1 is 0.500 bits per heavy atom. The van der Waals surface area contributed by atoms with E-state index in [2.05, 4.69) is 0 Å². The summed E-state index contributed by atoms with van der Waals surface area (Å²) in [5, 5.41) is 0. The van der Waals surface area contributed by atoms with E-state index in [1.54, 1.807) is 80.8 Å². The molecule has 4 aromatic rings. The highest BCUT2D eigenvalue weighted by Crippen LogP contribution is 2.45. The van der Waals surface area contributed by atoms with E-state index in [9.17, 15) is 9.59 Å². The summed E-state index contributed by atoms with van der Waals surface area (Å²) >= 11 is 0. The van der Waals surface area contributed by atoms with Gasteiger partial charge >= 0.3 is 0 Å². The van der Waals surface area contributed by atoms with E-state index in [0.717, 1.165) is 59.1 Å². The van der Waals surface area contributed by atoms with Crippen molar-refractivity contribution in [3.05, 3.63) is 94.0 Å². The third-order valence-electron chi connectivity index (χ3n) is 14.6. The van der Waals surface area contributed by atoms with Crippen LogP contribution < -0.4 is 37.9 Å². The number of unbranched alkanes of at least 4 members (excludes halogenated alkanes) is 3. The lowest BCUT2D eigenvalue weighted by molar-refractivity contribution is -0.940. The van der Waals surface area contributed by atoms with Gasteiger partial charge in [0, 0.05) is 64.0 Å². The molecule has 4 unspecified atom stereocenters. The van der Waals surface area contributed by atoms with E-state index in [1.165, 1.54) is 0 Å². The Kier molecular flexibility index (Phi) is 15.7. The van der Waals surface area contributed by atoms with Crippen LogP contribution in [-0.2, 0) is 35.3 Å². The molecule has 0 saturated carbocycles. The van der Waals surface area contributed by atoms with Crippen LogP contribution in [0.5, 0.6) is 46.0 Å². The normalized spacial score (nSPS) is 20.9. The van der Waals surface area contributed by atoms with Crippen molar-refractivity contribution in [2.45, 2.75) is 76.3 Å². The Labute approximate surface area is 425 Å². The number of nitrogens with zero attached hydrogens (tertiary/aromatic N) is 4. The van der Waals surface area contributed by atoms with Crippen LogP contribution in [0.25, 0.3) is 0 Å². The van der Waals surface area contributed by atoms with Crippen molar-refractivity contribution in [2.75, 3.05) is 124 Å². The predicted molar refractivity (Wildman–Crippen MR) is 273 cm³/mol. The summed E-state index contributed by atoms with van der Waals surface area (Å²) in [5.41, 5.74) is 5.37. The Morgan fingerprint density at radius 3 is 1.19 bits per heavy atom. The Hall–Kier alpha value is -5.86. The monoisotopic (exact) mass is 975 g/mol. The lowest BCUT2D eigenvalue weighted by Crippen LogP contribution is -2.53. The van der Waals surface area contributed by atoms with Gasteiger partial charge in [0.25, 0.3) is 0 Å². The number of hydrogen-bond acceptors (Lipinski definition) is 10.